The molecule has 0 spiro atoms. The van der Waals surface area contributed by atoms with Gasteiger partial charge in [-0.05, 0) is 74.6 Å². The van der Waals surface area contributed by atoms with E-state index in [-0.39, 0.29) is 18.2 Å². The number of carbonyl (C=O) groups is 2. The van der Waals surface area contributed by atoms with Crippen LogP contribution in [-0.4, -0.2) is 30.9 Å². The molecule has 1 atom stereocenters. The van der Waals surface area contributed by atoms with Crippen molar-refractivity contribution in [3.8, 4) is 0 Å². The lowest BCUT2D eigenvalue weighted by Crippen LogP contribution is -2.35. The lowest BCUT2D eigenvalue weighted by atomic mass is 10.1. The molecular formula is C23H27N3O2. The van der Waals surface area contributed by atoms with Crippen LogP contribution in [0.2, 0.25) is 0 Å². The van der Waals surface area contributed by atoms with E-state index in [0.29, 0.717) is 5.69 Å². The number of nitrogens with one attached hydrogen (secondary N) is 1. The molecule has 0 aliphatic carbocycles. The number of aryl methyl sites for hydroxylation is 1. The fourth-order valence-corrected chi connectivity index (χ4v) is 4.10. The molecule has 2 aliphatic heterocycles. The van der Waals surface area contributed by atoms with Crippen molar-refractivity contribution in [2.75, 3.05) is 28.2 Å². The molecule has 5 heteroatoms. The van der Waals surface area contributed by atoms with Crippen molar-refractivity contribution in [1.82, 2.24) is 0 Å². The zero-order chi connectivity index (χ0) is 19.7. The van der Waals surface area contributed by atoms with E-state index in [4.69, 9.17) is 0 Å². The average Bonchev–Trinajstić information content (AvgIpc) is 2.98. The molecule has 2 amide bonds. The molecule has 0 bridgehead atoms. The summed E-state index contributed by atoms with van der Waals surface area (Å²) >= 11 is 0. The van der Waals surface area contributed by atoms with E-state index in [1.807, 2.05) is 44.2 Å². The van der Waals surface area contributed by atoms with E-state index in [9.17, 15) is 9.59 Å². The Morgan fingerprint density at radius 1 is 0.929 bits per heavy atom. The minimum Gasteiger partial charge on any atom is -0.373 e. The zero-order valence-electron chi connectivity index (χ0n) is 16.6. The number of nitrogens with zero attached hydrogens (tertiary/aromatic N) is 2. The SMILES string of the molecule is Cc1cccc(N2C(=O)CC(Nc3ccc(N4CCCCC4)cc3)C2=O)c1C. The number of anilines is 3. The molecule has 2 saturated heterocycles. The number of imide groups is 1. The van der Waals surface area contributed by atoms with E-state index in [2.05, 4.69) is 22.3 Å². The topological polar surface area (TPSA) is 52.7 Å². The van der Waals surface area contributed by atoms with Crippen LogP contribution in [0.4, 0.5) is 17.1 Å². The largest absolute Gasteiger partial charge is 0.373 e. The molecular weight excluding hydrogens is 350 g/mol. The number of hydrogen-bond donors (Lipinski definition) is 1. The Labute approximate surface area is 166 Å². The third-order valence-corrected chi connectivity index (χ3v) is 5.89. The zero-order valence-corrected chi connectivity index (χ0v) is 16.6. The fraction of sp³-hybridized carbons (Fsp3) is 0.391. The second kappa shape index (κ2) is 7.66. The summed E-state index contributed by atoms with van der Waals surface area (Å²) in [6, 6.07) is 13.4. The van der Waals surface area contributed by atoms with Crippen molar-refractivity contribution < 1.29 is 9.59 Å². The van der Waals surface area contributed by atoms with Gasteiger partial charge in [0.15, 0.2) is 0 Å². The first-order chi connectivity index (χ1) is 13.5. The van der Waals surface area contributed by atoms with Gasteiger partial charge in [-0.1, -0.05) is 12.1 Å². The minimum atomic E-state index is -0.520. The number of amides is 2. The third kappa shape index (κ3) is 3.49. The molecule has 2 aromatic rings. The maximum atomic E-state index is 12.9. The first-order valence-electron chi connectivity index (χ1n) is 10.1. The fourth-order valence-electron chi connectivity index (χ4n) is 4.10. The van der Waals surface area contributed by atoms with E-state index in [0.717, 1.165) is 29.9 Å². The lowest BCUT2D eigenvalue weighted by molar-refractivity contribution is -0.121. The van der Waals surface area contributed by atoms with Crippen LogP contribution >= 0.6 is 0 Å². The van der Waals surface area contributed by atoms with E-state index in [1.165, 1.54) is 29.8 Å². The first kappa shape index (κ1) is 18.5. The van der Waals surface area contributed by atoms with Crippen LogP contribution in [-0.2, 0) is 9.59 Å². The predicted molar refractivity (Wildman–Crippen MR) is 113 cm³/mol. The summed E-state index contributed by atoms with van der Waals surface area (Å²) in [7, 11) is 0. The van der Waals surface area contributed by atoms with Crippen LogP contribution in [0.3, 0.4) is 0 Å². The quantitative estimate of drug-likeness (QED) is 0.817. The van der Waals surface area contributed by atoms with Gasteiger partial charge in [0, 0.05) is 24.5 Å². The molecule has 28 heavy (non-hydrogen) atoms. The highest BCUT2D eigenvalue weighted by Gasteiger charge is 2.40. The second-order valence-corrected chi connectivity index (χ2v) is 7.78. The Balaban J connectivity index is 1.47. The number of benzene rings is 2. The molecule has 0 saturated carbocycles. The maximum absolute atomic E-state index is 12.9. The molecule has 5 nitrogen and oxygen atoms in total. The van der Waals surface area contributed by atoms with Crippen molar-refractivity contribution in [3.05, 3.63) is 53.6 Å². The number of carbonyl (C=O) groups excluding carboxylic acids is 2. The van der Waals surface area contributed by atoms with Gasteiger partial charge in [-0.2, -0.15) is 0 Å². The molecule has 2 aromatic carbocycles. The van der Waals surface area contributed by atoms with Crippen LogP contribution in [0.25, 0.3) is 0 Å². The van der Waals surface area contributed by atoms with Gasteiger partial charge in [0.25, 0.3) is 5.91 Å². The van der Waals surface area contributed by atoms with Crippen molar-refractivity contribution in [2.24, 2.45) is 0 Å². The highest BCUT2D eigenvalue weighted by molar-refractivity contribution is 6.23. The summed E-state index contributed by atoms with van der Waals surface area (Å²) in [6.07, 6.45) is 3.98. The molecule has 1 N–H and O–H groups in total. The van der Waals surface area contributed by atoms with E-state index >= 15 is 0 Å². The summed E-state index contributed by atoms with van der Waals surface area (Å²) in [5, 5.41) is 3.25. The van der Waals surface area contributed by atoms with Gasteiger partial charge in [0.2, 0.25) is 5.91 Å². The standard InChI is InChI=1S/C23H27N3O2/c1-16-7-6-8-21(17(16)2)26-22(27)15-20(23(26)28)24-18-9-11-19(12-10-18)25-13-4-3-5-14-25/h6-12,20,24H,3-5,13-15H2,1-2H3. The van der Waals surface area contributed by atoms with E-state index in [1.54, 1.807) is 0 Å². The molecule has 1 unspecified atom stereocenters. The van der Waals surface area contributed by atoms with Crippen molar-refractivity contribution >= 4 is 28.9 Å². The summed E-state index contributed by atoms with van der Waals surface area (Å²) in [5.41, 5.74) is 4.82. The van der Waals surface area contributed by atoms with Crippen molar-refractivity contribution in [2.45, 2.75) is 45.6 Å². The Bertz CT molecular complexity index is 885. The summed E-state index contributed by atoms with van der Waals surface area (Å²) in [4.78, 5) is 29.2. The maximum Gasteiger partial charge on any atom is 0.256 e. The number of rotatable bonds is 4. The number of piperidine rings is 1. The van der Waals surface area contributed by atoms with Crippen LogP contribution in [0.1, 0.15) is 36.8 Å². The van der Waals surface area contributed by atoms with Gasteiger partial charge in [0.1, 0.15) is 6.04 Å². The second-order valence-electron chi connectivity index (χ2n) is 7.78. The van der Waals surface area contributed by atoms with Gasteiger partial charge in [-0.15, -0.1) is 0 Å². The summed E-state index contributed by atoms with van der Waals surface area (Å²) in [6.45, 7) is 6.15. The lowest BCUT2D eigenvalue weighted by Gasteiger charge is -2.29. The van der Waals surface area contributed by atoms with E-state index < -0.39 is 6.04 Å². The Morgan fingerprint density at radius 2 is 1.64 bits per heavy atom. The average molecular weight is 377 g/mol. The Hall–Kier alpha value is -2.82. The Morgan fingerprint density at radius 3 is 2.36 bits per heavy atom. The summed E-state index contributed by atoms with van der Waals surface area (Å²) < 4.78 is 0. The van der Waals surface area contributed by atoms with Gasteiger partial charge < -0.3 is 10.2 Å². The van der Waals surface area contributed by atoms with Crippen LogP contribution < -0.4 is 15.1 Å². The van der Waals surface area contributed by atoms with Gasteiger partial charge >= 0.3 is 0 Å². The molecule has 2 aliphatic rings. The normalized spacial score (nSPS) is 20.0. The van der Waals surface area contributed by atoms with Crippen molar-refractivity contribution in [3.63, 3.8) is 0 Å². The van der Waals surface area contributed by atoms with Gasteiger partial charge in [0.05, 0.1) is 12.1 Å². The van der Waals surface area contributed by atoms with Gasteiger partial charge in [-0.25, -0.2) is 4.90 Å². The van der Waals surface area contributed by atoms with Gasteiger partial charge in [-0.3, -0.25) is 9.59 Å². The highest BCUT2D eigenvalue weighted by Crippen LogP contribution is 2.29. The van der Waals surface area contributed by atoms with Crippen LogP contribution in [0.5, 0.6) is 0 Å². The molecule has 146 valence electrons. The first-order valence-corrected chi connectivity index (χ1v) is 10.1. The Kier molecular flexibility index (Phi) is 5.07. The van der Waals surface area contributed by atoms with Crippen LogP contribution in [0, 0.1) is 13.8 Å². The number of hydrogen-bond acceptors (Lipinski definition) is 4. The monoisotopic (exact) mass is 377 g/mol. The van der Waals surface area contributed by atoms with Crippen molar-refractivity contribution in [1.29, 1.82) is 0 Å². The highest BCUT2D eigenvalue weighted by atomic mass is 16.2. The molecule has 0 radical (unpaired) electrons. The third-order valence-electron chi connectivity index (χ3n) is 5.89. The van der Waals surface area contributed by atoms with Crippen LogP contribution in [0.15, 0.2) is 42.5 Å². The molecule has 4 rings (SSSR count). The molecule has 0 aromatic heterocycles. The smallest absolute Gasteiger partial charge is 0.256 e. The molecule has 2 fully saturated rings. The molecule has 2 heterocycles. The summed E-state index contributed by atoms with van der Waals surface area (Å²) in [5.74, 6) is -0.333. The predicted octanol–water partition coefficient (Wildman–Crippen LogP) is 4.04. The minimum absolute atomic E-state index is 0.152.